The van der Waals surface area contributed by atoms with Crippen molar-refractivity contribution in [1.82, 2.24) is 23.2 Å². The van der Waals surface area contributed by atoms with Crippen molar-refractivity contribution >= 4 is 32.7 Å². The number of aromatic nitrogens is 4. The summed E-state index contributed by atoms with van der Waals surface area (Å²) in [7, 11) is -3.90. The summed E-state index contributed by atoms with van der Waals surface area (Å²) in [6.07, 6.45) is 4.49. The minimum absolute atomic E-state index is 0.00139. The van der Waals surface area contributed by atoms with Gasteiger partial charge in [0.25, 0.3) is 10.0 Å². The van der Waals surface area contributed by atoms with Gasteiger partial charge in [0.05, 0.1) is 16.1 Å². The monoisotopic (exact) mass is 661 g/mol. The maximum absolute atomic E-state index is 13.8. The molecule has 1 aliphatic rings. The molecule has 0 spiro atoms. The van der Waals surface area contributed by atoms with Gasteiger partial charge in [0, 0.05) is 36.2 Å². The second-order valence-electron chi connectivity index (χ2n) is 13.6. The number of fused-ring (bicyclic) bond motifs is 3. The molecule has 1 atom stereocenters. The zero-order chi connectivity index (χ0) is 33.6. The molecule has 1 amide bonds. The molecule has 48 heavy (non-hydrogen) atoms. The molecule has 3 aromatic heterocycles. The molecule has 0 radical (unpaired) electrons. The first-order chi connectivity index (χ1) is 23.0. The quantitative estimate of drug-likeness (QED) is 0.181. The highest BCUT2D eigenvalue weighted by atomic mass is 32.2. The number of hydrogen-bond acceptors (Lipinski definition) is 6. The number of nitrogens with zero attached hydrogens (tertiary/aromatic N) is 5. The lowest BCUT2D eigenvalue weighted by molar-refractivity contribution is 0.0857. The first-order valence-electron chi connectivity index (χ1n) is 16.3. The predicted octanol–water partition coefficient (Wildman–Crippen LogP) is 7.71. The summed E-state index contributed by atoms with van der Waals surface area (Å²) in [4.78, 5) is 25.1. The van der Waals surface area contributed by atoms with Gasteiger partial charge < -0.3 is 9.64 Å². The number of carbonyl (C=O) groups is 1. The number of likely N-dealkylation sites (tertiary alicyclic amines) is 1. The smallest absolute Gasteiger partial charge is 0.410 e. The lowest BCUT2D eigenvalue weighted by Gasteiger charge is -2.31. The highest BCUT2D eigenvalue weighted by molar-refractivity contribution is 7.90. The Hall–Kier alpha value is -4.96. The largest absolute Gasteiger partial charge is 0.445 e. The lowest BCUT2D eigenvalue weighted by Crippen LogP contribution is -2.39. The SMILES string of the molecule is Cc1ccc(S(=O)(=O)n2ccc3c2ncn2c(-c4ccc(C(C)(C)C)cc4)nc(C4CCCN(C(=O)OCc5ccccc5)C4)c32)cc1. The van der Waals surface area contributed by atoms with Crippen LogP contribution in [0.5, 0.6) is 0 Å². The number of hydrogen-bond donors (Lipinski definition) is 0. The highest BCUT2D eigenvalue weighted by Gasteiger charge is 2.31. The number of imidazole rings is 1. The van der Waals surface area contributed by atoms with Crippen molar-refractivity contribution < 1.29 is 17.9 Å². The van der Waals surface area contributed by atoms with Crippen LogP contribution in [0, 0.1) is 6.92 Å². The Morgan fingerprint density at radius 1 is 0.958 bits per heavy atom. The molecule has 0 saturated carbocycles. The van der Waals surface area contributed by atoms with Gasteiger partial charge in [-0.3, -0.25) is 4.40 Å². The van der Waals surface area contributed by atoms with Gasteiger partial charge in [0.2, 0.25) is 0 Å². The zero-order valence-corrected chi connectivity index (χ0v) is 28.4. The van der Waals surface area contributed by atoms with Crippen LogP contribution >= 0.6 is 0 Å². The zero-order valence-electron chi connectivity index (χ0n) is 27.6. The van der Waals surface area contributed by atoms with Gasteiger partial charge in [0.15, 0.2) is 5.65 Å². The van der Waals surface area contributed by atoms with Gasteiger partial charge in [-0.25, -0.2) is 27.2 Å². The second kappa shape index (κ2) is 12.2. The summed E-state index contributed by atoms with van der Waals surface area (Å²) in [5.74, 6) is 0.621. The molecule has 1 unspecified atom stereocenters. The first kappa shape index (κ1) is 31.6. The molecule has 1 fully saturated rings. The van der Waals surface area contributed by atoms with E-state index in [0.29, 0.717) is 29.9 Å². The third kappa shape index (κ3) is 5.85. The third-order valence-corrected chi connectivity index (χ3v) is 10.9. The Labute approximate surface area is 280 Å². The molecule has 6 aromatic rings. The summed E-state index contributed by atoms with van der Waals surface area (Å²) in [6, 6.07) is 26.7. The Morgan fingerprint density at radius 2 is 1.69 bits per heavy atom. The Kier molecular flexibility index (Phi) is 8.07. The van der Waals surface area contributed by atoms with Gasteiger partial charge in [-0.1, -0.05) is 93.1 Å². The number of rotatable bonds is 6. The van der Waals surface area contributed by atoms with E-state index in [9.17, 15) is 13.2 Å². The van der Waals surface area contributed by atoms with Crippen molar-refractivity contribution in [3.63, 3.8) is 0 Å². The summed E-state index contributed by atoms with van der Waals surface area (Å²) < 4.78 is 36.5. The van der Waals surface area contributed by atoms with Gasteiger partial charge in [-0.15, -0.1) is 0 Å². The van der Waals surface area contributed by atoms with Crippen molar-refractivity contribution in [3.05, 3.63) is 120 Å². The van der Waals surface area contributed by atoms with Gasteiger partial charge in [0.1, 0.15) is 18.8 Å². The standard InChI is InChI=1S/C38H39N5O4S/c1-26-12-18-31(19-13-26)48(45,46)43-22-20-32-34-33(29-11-8-21-41(23-29)37(44)47-24-27-9-6-5-7-10-27)40-35(42(34)25-39-36(32)43)28-14-16-30(17-15-28)38(2,3)4/h5-7,9-10,12-20,22,25,29H,8,11,21,23-24H2,1-4H3. The van der Waals surface area contributed by atoms with Crippen LogP contribution in [0.3, 0.4) is 0 Å². The molecule has 10 heteroatoms. The molecule has 1 aliphatic heterocycles. The predicted molar refractivity (Wildman–Crippen MR) is 187 cm³/mol. The van der Waals surface area contributed by atoms with E-state index in [1.165, 1.54) is 9.54 Å². The molecule has 246 valence electrons. The summed E-state index contributed by atoms with van der Waals surface area (Å²) in [5.41, 5.74) is 5.97. The molecular formula is C38H39N5O4S. The van der Waals surface area contributed by atoms with E-state index < -0.39 is 10.0 Å². The van der Waals surface area contributed by atoms with E-state index in [1.54, 1.807) is 47.8 Å². The number of ether oxygens (including phenoxy) is 1. The molecule has 7 rings (SSSR count). The van der Waals surface area contributed by atoms with Crippen molar-refractivity contribution in [2.75, 3.05) is 13.1 Å². The van der Waals surface area contributed by atoms with Crippen molar-refractivity contribution in [2.24, 2.45) is 0 Å². The van der Waals surface area contributed by atoms with E-state index in [4.69, 9.17) is 14.7 Å². The van der Waals surface area contributed by atoms with E-state index in [0.717, 1.165) is 40.7 Å². The summed E-state index contributed by atoms with van der Waals surface area (Å²) in [6.45, 7) is 9.71. The van der Waals surface area contributed by atoms with Crippen LogP contribution in [-0.2, 0) is 26.8 Å². The van der Waals surface area contributed by atoms with Crippen LogP contribution in [0.15, 0.2) is 102 Å². The van der Waals surface area contributed by atoms with Crippen molar-refractivity contribution in [3.8, 4) is 11.4 Å². The molecule has 1 saturated heterocycles. The topological polar surface area (TPSA) is 98.8 Å². The van der Waals surface area contributed by atoms with Crippen LogP contribution in [0.1, 0.15) is 61.9 Å². The Morgan fingerprint density at radius 3 is 2.40 bits per heavy atom. The van der Waals surface area contributed by atoms with Crippen LogP contribution < -0.4 is 0 Å². The molecule has 9 nitrogen and oxygen atoms in total. The molecular weight excluding hydrogens is 623 g/mol. The molecule has 3 aromatic carbocycles. The maximum atomic E-state index is 13.8. The van der Waals surface area contributed by atoms with Crippen LogP contribution in [0.4, 0.5) is 4.79 Å². The molecule has 0 aliphatic carbocycles. The van der Waals surface area contributed by atoms with Crippen LogP contribution in [0.25, 0.3) is 27.9 Å². The van der Waals surface area contributed by atoms with Gasteiger partial charge >= 0.3 is 6.09 Å². The second-order valence-corrected chi connectivity index (χ2v) is 15.4. The van der Waals surface area contributed by atoms with Crippen molar-refractivity contribution in [1.29, 1.82) is 0 Å². The number of amides is 1. The minimum Gasteiger partial charge on any atom is -0.445 e. The molecule has 0 bridgehead atoms. The van der Waals surface area contributed by atoms with Gasteiger partial charge in [-0.2, -0.15) is 0 Å². The van der Waals surface area contributed by atoms with E-state index in [1.807, 2.05) is 41.7 Å². The highest BCUT2D eigenvalue weighted by Crippen LogP contribution is 2.37. The van der Waals surface area contributed by atoms with Crippen LogP contribution in [-0.4, -0.2) is 50.8 Å². The fourth-order valence-electron chi connectivity index (χ4n) is 6.46. The van der Waals surface area contributed by atoms with Crippen molar-refractivity contribution in [2.45, 2.75) is 63.4 Å². The molecule has 4 heterocycles. The average Bonchev–Trinajstić information content (AvgIpc) is 3.70. The maximum Gasteiger partial charge on any atom is 0.410 e. The number of aryl methyl sites for hydroxylation is 1. The van der Waals surface area contributed by atoms with E-state index >= 15 is 0 Å². The van der Waals surface area contributed by atoms with E-state index in [-0.39, 0.29) is 28.9 Å². The fraction of sp³-hybridized carbons (Fsp3) is 0.289. The third-order valence-electron chi connectivity index (χ3n) is 9.17. The first-order valence-corrected chi connectivity index (χ1v) is 17.7. The number of piperidine rings is 1. The Bertz CT molecular complexity index is 2220. The average molecular weight is 662 g/mol. The summed E-state index contributed by atoms with van der Waals surface area (Å²) >= 11 is 0. The van der Waals surface area contributed by atoms with Crippen LogP contribution in [0.2, 0.25) is 0 Å². The Balaban J connectivity index is 1.31. The minimum atomic E-state index is -3.90. The van der Waals surface area contributed by atoms with E-state index in [2.05, 4.69) is 45.0 Å². The number of benzene rings is 3. The van der Waals surface area contributed by atoms with Gasteiger partial charge in [-0.05, 0) is 54.5 Å². The fourth-order valence-corrected chi connectivity index (χ4v) is 7.76. The number of carbonyl (C=O) groups excluding carboxylic acids is 1. The normalized spacial score (nSPS) is 15.7. The lowest BCUT2D eigenvalue weighted by atomic mass is 9.87. The summed E-state index contributed by atoms with van der Waals surface area (Å²) in [5, 5.41) is 0.678. The molecule has 0 N–H and O–H groups in total.